The van der Waals surface area contributed by atoms with Crippen LogP contribution in [-0.4, -0.2) is 54.6 Å². The van der Waals surface area contributed by atoms with Gasteiger partial charge < -0.3 is 14.5 Å². The van der Waals surface area contributed by atoms with Gasteiger partial charge in [0, 0.05) is 59.4 Å². The van der Waals surface area contributed by atoms with Crippen LogP contribution in [0.4, 0.5) is 5.69 Å². The van der Waals surface area contributed by atoms with Gasteiger partial charge in [-0.05, 0) is 35.4 Å². The van der Waals surface area contributed by atoms with Crippen molar-refractivity contribution in [3.8, 4) is 16.9 Å². The lowest BCUT2D eigenvalue weighted by Gasteiger charge is -2.36. The van der Waals surface area contributed by atoms with Crippen molar-refractivity contribution in [3.05, 3.63) is 76.3 Å². The van der Waals surface area contributed by atoms with E-state index in [9.17, 15) is 9.00 Å². The predicted molar refractivity (Wildman–Crippen MR) is 135 cm³/mol. The molecule has 1 amide bonds. The summed E-state index contributed by atoms with van der Waals surface area (Å²) < 4.78 is 17.3. The van der Waals surface area contributed by atoms with Gasteiger partial charge in [-0.2, -0.15) is 0 Å². The fourth-order valence-electron chi connectivity index (χ4n) is 4.01. The molecule has 3 aromatic carbocycles. The van der Waals surface area contributed by atoms with Crippen molar-refractivity contribution in [1.82, 2.24) is 4.90 Å². The molecule has 1 unspecified atom stereocenters. The number of hydrogen-bond acceptors (Lipinski definition) is 4. The van der Waals surface area contributed by atoms with E-state index < -0.39 is 10.8 Å². The molecule has 0 aromatic heterocycles. The molecule has 1 atom stereocenters. The molecule has 1 aliphatic heterocycles. The van der Waals surface area contributed by atoms with Gasteiger partial charge in [0.25, 0.3) is 5.91 Å². The number of nitrogens with zero attached hydrogens (tertiary/aromatic N) is 2. The van der Waals surface area contributed by atoms with E-state index >= 15 is 0 Å². The third-order valence-corrected chi connectivity index (χ3v) is 7.24. The van der Waals surface area contributed by atoms with E-state index in [-0.39, 0.29) is 5.91 Å². The van der Waals surface area contributed by atoms with E-state index in [1.54, 1.807) is 12.3 Å². The number of amides is 1. The predicted octanol–water partition coefficient (Wildman–Crippen LogP) is 5.37. The monoisotopic (exact) mass is 502 g/mol. The smallest absolute Gasteiger partial charge is 0.254 e. The van der Waals surface area contributed by atoms with Crippen LogP contribution in [0.2, 0.25) is 10.0 Å². The summed E-state index contributed by atoms with van der Waals surface area (Å²) in [6, 6.07) is 18.9. The standard InChI is InChI=1S/C25H24Cl2N2O3S/c1-32-24-22(26)14-18(15-23(24)27)28-10-12-29(13-11-28)25(30)21-16-19(33(2)31)8-9-20(21)17-6-4-3-5-7-17/h3-9,14-16H,10-13H2,1-2H3. The number of hydrogen-bond donors (Lipinski definition) is 0. The zero-order chi connectivity index (χ0) is 23.5. The van der Waals surface area contributed by atoms with Gasteiger partial charge >= 0.3 is 0 Å². The highest BCUT2D eigenvalue weighted by atomic mass is 35.5. The molecular weight excluding hydrogens is 479 g/mol. The van der Waals surface area contributed by atoms with Gasteiger partial charge in [-0.25, -0.2) is 0 Å². The number of anilines is 1. The Morgan fingerprint density at radius 3 is 2.15 bits per heavy atom. The summed E-state index contributed by atoms with van der Waals surface area (Å²) >= 11 is 12.6. The second-order valence-corrected chi connectivity index (χ2v) is 9.94. The molecule has 8 heteroatoms. The Morgan fingerprint density at radius 1 is 0.939 bits per heavy atom. The summed E-state index contributed by atoms with van der Waals surface area (Å²) in [5, 5.41) is 0.908. The molecule has 33 heavy (non-hydrogen) atoms. The summed E-state index contributed by atoms with van der Waals surface area (Å²) in [7, 11) is 0.354. The first-order chi connectivity index (χ1) is 15.9. The van der Waals surface area contributed by atoms with Crippen molar-refractivity contribution in [3.63, 3.8) is 0 Å². The molecule has 0 saturated carbocycles. The van der Waals surface area contributed by atoms with Gasteiger partial charge in [0.2, 0.25) is 0 Å². The lowest BCUT2D eigenvalue weighted by atomic mass is 9.98. The van der Waals surface area contributed by atoms with E-state index in [1.807, 2.05) is 59.5 Å². The summed E-state index contributed by atoms with van der Waals surface area (Å²) in [6.45, 7) is 2.39. The Bertz CT molecular complexity index is 1170. The number of methoxy groups -OCH3 is 1. The number of carbonyl (C=O) groups is 1. The highest BCUT2D eigenvalue weighted by Crippen LogP contribution is 2.37. The second-order valence-electron chi connectivity index (χ2n) is 7.75. The van der Waals surface area contributed by atoms with Crippen LogP contribution in [0.1, 0.15) is 10.4 Å². The van der Waals surface area contributed by atoms with Crippen LogP contribution in [-0.2, 0) is 10.8 Å². The van der Waals surface area contributed by atoms with E-state index in [1.165, 1.54) is 7.11 Å². The van der Waals surface area contributed by atoms with Gasteiger partial charge in [0.15, 0.2) is 5.75 Å². The Balaban J connectivity index is 1.57. The fraction of sp³-hybridized carbons (Fsp3) is 0.240. The number of halogens is 2. The Kier molecular flexibility index (Phi) is 7.27. The van der Waals surface area contributed by atoms with Crippen molar-refractivity contribution < 1.29 is 13.7 Å². The van der Waals surface area contributed by atoms with Gasteiger partial charge in [0.05, 0.1) is 17.2 Å². The molecule has 1 saturated heterocycles. The zero-order valence-corrected chi connectivity index (χ0v) is 20.7. The summed E-state index contributed by atoms with van der Waals surface area (Å²) in [4.78, 5) is 18.2. The molecule has 0 aliphatic carbocycles. The first-order valence-corrected chi connectivity index (χ1v) is 12.8. The molecule has 1 fully saturated rings. The van der Waals surface area contributed by atoms with Crippen LogP contribution < -0.4 is 9.64 Å². The molecule has 4 rings (SSSR count). The Labute approximate surface area is 206 Å². The van der Waals surface area contributed by atoms with E-state index in [2.05, 4.69) is 4.90 Å². The molecule has 0 spiro atoms. The molecule has 0 N–H and O–H groups in total. The third kappa shape index (κ3) is 5.03. The molecule has 1 heterocycles. The van der Waals surface area contributed by atoms with Crippen LogP contribution >= 0.6 is 23.2 Å². The Hall–Kier alpha value is -2.54. The van der Waals surface area contributed by atoms with Gasteiger partial charge in [0.1, 0.15) is 0 Å². The summed E-state index contributed by atoms with van der Waals surface area (Å²) in [5.74, 6) is 0.393. The van der Waals surface area contributed by atoms with E-state index in [0.717, 1.165) is 16.8 Å². The number of piperazine rings is 1. The van der Waals surface area contributed by atoms with Crippen LogP contribution in [0.3, 0.4) is 0 Å². The van der Waals surface area contributed by atoms with Crippen molar-refractivity contribution in [1.29, 1.82) is 0 Å². The van der Waals surface area contributed by atoms with Crippen molar-refractivity contribution in [2.45, 2.75) is 4.90 Å². The maximum absolute atomic E-state index is 13.6. The molecule has 172 valence electrons. The van der Waals surface area contributed by atoms with Crippen molar-refractivity contribution >= 4 is 45.6 Å². The number of ether oxygens (including phenoxy) is 1. The molecule has 5 nitrogen and oxygen atoms in total. The average Bonchev–Trinajstić information content (AvgIpc) is 2.83. The molecule has 0 bridgehead atoms. The topological polar surface area (TPSA) is 49.9 Å². The zero-order valence-electron chi connectivity index (χ0n) is 18.4. The normalized spacial score (nSPS) is 14.8. The lowest BCUT2D eigenvalue weighted by Crippen LogP contribution is -2.49. The van der Waals surface area contributed by atoms with E-state index in [0.29, 0.717) is 52.4 Å². The minimum Gasteiger partial charge on any atom is -0.494 e. The van der Waals surface area contributed by atoms with Crippen LogP contribution in [0.5, 0.6) is 5.75 Å². The molecule has 1 aliphatic rings. The summed E-state index contributed by atoms with van der Waals surface area (Å²) in [6.07, 6.45) is 1.62. The fourth-order valence-corrected chi connectivity index (χ4v) is 5.18. The first kappa shape index (κ1) is 23.6. The molecular formula is C25H24Cl2N2O3S. The maximum atomic E-state index is 13.6. The van der Waals surface area contributed by atoms with Crippen LogP contribution in [0, 0.1) is 0 Å². The summed E-state index contributed by atoms with van der Waals surface area (Å²) in [5.41, 5.74) is 3.26. The average molecular weight is 503 g/mol. The Morgan fingerprint density at radius 2 is 1.58 bits per heavy atom. The highest BCUT2D eigenvalue weighted by molar-refractivity contribution is 7.84. The maximum Gasteiger partial charge on any atom is 0.254 e. The minimum atomic E-state index is -1.18. The molecule has 0 radical (unpaired) electrons. The van der Waals surface area contributed by atoms with Gasteiger partial charge in [-0.15, -0.1) is 0 Å². The lowest BCUT2D eigenvalue weighted by molar-refractivity contribution is 0.0747. The number of rotatable bonds is 5. The highest BCUT2D eigenvalue weighted by Gasteiger charge is 2.26. The minimum absolute atomic E-state index is 0.0633. The molecule has 3 aromatic rings. The van der Waals surface area contributed by atoms with Crippen molar-refractivity contribution in [2.24, 2.45) is 0 Å². The first-order valence-electron chi connectivity index (χ1n) is 10.5. The largest absolute Gasteiger partial charge is 0.494 e. The number of benzene rings is 3. The van der Waals surface area contributed by atoms with Crippen molar-refractivity contribution in [2.75, 3.05) is 44.4 Å². The number of carbonyl (C=O) groups excluding carboxylic acids is 1. The second kappa shape index (κ2) is 10.2. The van der Waals surface area contributed by atoms with Crippen LogP contribution in [0.15, 0.2) is 65.6 Å². The van der Waals surface area contributed by atoms with E-state index in [4.69, 9.17) is 27.9 Å². The van der Waals surface area contributed by atoms with Crippen LogP contribution in [0.25, 0.3) is 11.1 Å². The van der Waals surface area contributed by atoms with Gasteiger partial charge in [-0.3, -0.25) is 9.00 Å². The van der Waals surface area contributed by atoms with Gasteiger partial charge in [-0.1, -0.05) is 59.6 Å². The quantitative estimate of drug-likeness (QED) is 0.470. The SMILES string of the molecule is COc1c(Cl)cc(N2CCN(C(=O)c3cc(S(C)=O)ccc3-c3ccccc3)CC2)cc1Cl. The third-order valence-electron chi connectivity index (χ3n) is 5.76.